The van der Waals surface area contributed by atoms with Crippen molar-refractivity contribution in [3.05, 3.63) is 70.5 Å². The van der Waals surface area contributed by atoms with E-state index in [-0.39, 0.29) is 12.4 Å². The summed E-state index contributed by atoms with van der Waals surface area (Å²) in [7, 11) is 1.57. The summed E-state index contributed by atoms with van der Waals surface area (Å²) in [6, 6.07) is 13.1. The maximum atomic E-state index is 13.6. The fourth-order valence-electron chi connectivity index (χ4n) is 2.64. The second-order valence-corrected chi connectivity index (χ2v) is 5.59. The quantitative estimate of drug-likeness (QED) is 0.885. The Morgan fingerprint density at radius 2 is 2.04 bits per heavy atom. The van der Waals surface area contributed by atoms with Crippen LogP contribution in [0.4, 0.5) is 4.39 Å². The zero-order valence-electron chi connectivity index (χ0n) is 13.1. The zero-order valence-corrected chi connectivity index (χ0v) is 13.1. The van der Waals surface area contributed by atoms with E-state index < -0.39 is 0 Å². The van der Waals surface area contributed by atoms with Gasteiger partial charge < -0.3 is 14.8 Å². The highest BCUT2D eigenvalue weighted by atomic mass is 19.1. The highest BCUT2D eigenvalue weighted by Crippen LogP contribution is 2.25. The number of nitrogens with one attached hydrogen (secondary N) is 1. The predicted octanol–water partition coefficient (Wildman–Crippen LogP) is 3.54. The Morgan fingerprint density at radius 1 is 1.17 bits per heavy atom. The molecule has 1 aliphatic heterocycles. The van der Waals surface area contributed by atoms with Crippen LogP contribution in [0.5, 0.6) is 5.75 Å². The Labute approximate surface area is 135 Å². The van der Waals surface area contributed by atoms with E-state index in [0.717, 1.165) is 23.4 Å². The molecule has 0 bridgehead atoms. The van der Waals surface area contributed by atoms with Crippen LogP contribution in [-0.4, -0.2) is 20.3 Å². The molecule has 0 saturated heterocycles. The van der Waals surface area contributed by atoms with Crippen LogP contribution in [0.3, 0.4) is 0 Å². The lowest BCUT2D eigenvalue weighted by atomic mass is 10.1. The Kier molecular flexibility index (Phi) is 5.05. The molecule has 1 aliphatic rings. The molecule has 0 spiro atoms. The van der Waals surface area contributed by atoms with Crippen molar-refractivity contribution in [2.24, 2.45) is 0 Å². The molecule has 0 fully saturated rings. The smallest absolute Gasteiger partial charge is 0.128 e. The first kappa shape index (κ1) is 15.7. The van der Waals surface area contributed by atoms with E-state index in [0.29, 0.717) is 18.7 Å². The topological polar surface area (TPSA) is 30.5 Å². The Morgan fingerprint density at radius 3 is 2.91 bits per heavy atom. The number of para-hydroxylation sites is 1. The van der Waals surface area contributed by atoms with Crippen LogP contribution >= 0.6 is 0 Å². The van der Waals surface area contributed by atoms with Gasteiger partial charge in [0.25, 0.3) is 0 Å². The predicted molar refractivity (Wildman–Crippen MR) is 88.7 cm³/mol. The van der Waals surface area contributed by atoms with E-state index in [1.807, 2.05) is 30.3 Å². The van der Waals surface area contributed by atoms with Gasteiger partial charge in [-0.1, -0.05) is 24.3 Å². The lowest BCUT2D eigenvalue weighted by molar-refractivity contribution is 0.181. The minimum atomic E-state index is -0.226. The third-order valence-electron chi connectivity index (χ3n) is 3.78. The van der Waals surface area contributed by atoms with Crippen LogP contribution < -0.4 is 10.1 Å². The molecule has 0 atom stereocenters. The fourth-order valence-corrected chi connectivity index (χ4v) is 2.64. The molecular formula is C19H20FNO2. The van der Waals surface area contributed by atoms with E-state index >= 15 is 0 Å². The average molecular weight is 313 g/mol. The van der Waals surface area contributed by atoms with Crippen molar-refractivity contribution in [3.63, 3.8) is 0 Å². The summed E-state index contributed by atoms with van der Waals surface area (Å²) < 4.78 is 24.3. The molecule has 2 aromatic rings. The van der Waals surface area contributed by atoms with Crippen LogP contribution in [0.1, 0.15) is 16.7 Å². The molecule has 0 aromatic heterocycles. The maximum absolute atomic E-state index is 13.6. The number of hydrogen-bond acceptors (Lipinski definition) is 3. The Balaban J connectivity index is 1.58. The first-order valence-electron chi connectivity index (χ1n) is 7.64. The third kappa shape index (κ3) is 3.97. The van der Waals surface area contributed by atoms with Gasteiger partial charge >= 0.3 is 0 Å². The molecule has 0 amide bonds. The number of methoxy groups -OCH3 is 1. The zero-order chi connectivity index (χ0) is 16.1. The summed E-state index contributed by atoms with van der Waals surface area (Å²) >= 11 is 0. The molecule has 4 heteroatoms. The second kappa shape index (κ2) is 7.40. The molecule has 120 valence electrons. The van der Waals surface area contributed by atoms with Crippen LogP contribution in [-0.2, 0) is 17.9 Å². The van der Waals surface area contributed by atoms with Crippen molar-refractivity contribution in [1.82, 2.24) is 5.32 Å². The highest BCUT2D eigenvalue weighted by Gasteiger charge is 2.10. The number of fused-ring (bicyclic) bond motifs is 1. The monoisotopic (exact) mass is 313 g/mol. The van der Waals surface area contributed by atoms with Crippen molar-refractivity contribution in [2.75, 3.05) is 20.3 Å². The van der Waals surface area contributed by atoms with E-state index in [4.69, 9.17) is 9.47 Å². The molecule has 23 heavy (non-hydrogen) atoms. The van der Waals surface area contributed by atoms with E-state index in [1.54, 1.807) is 13.2 Å². The van der Waals surface area contributed by atoms with Gasteiger partial charge in [-0.05, 0) is 35.4 Å². The van der Waals surface area contributed by atoms with Gasteiger partial charge in [-0.15, -0.1) is 0 Å². The summed E-state index contributed by atoms with van der Waals surface area (Å²) in [5, 5.41) is 3.38. The van der Waals surface area contributed by atoms with Crippen LogP contribution in [0.25, 0.3) is 6.08 Å². The van der Waals surface area contributed by atoms with Crippen molar-refractivity contribution in [3.8, 4) is 5.75 Å². The molecule has 0 unspecified atom stereocenters. The second-order valence-electron chi connectivity index (χ2n) is 5.59. The first-order valence-corrected chi connectivity index (χ1v) is 7.64. The molecule has 0 radical (unpaired) electrons. The summed E-state index contributed by atoms with van der Waals surface area (Å²) in [6.45, 7) is 2.30. The molecule has 1 heterocycles. The maximum Gasteiger partial charge on any atom is 0.128 e. The van der Waals surface area contributed by atoms with Crippen LogP contribution in [0.15, 0.2) is 48.0 Å². The van der Waals surface area contributed by atoms with Gasteiger partial charge in [-0.25, -0.2) is 4.39 Å². The van der Waals surface area contributed by atoms with Gasteiger partial charge in [0, 0.05) is 31.3 Å². The van der Waals surface area contributed by atoms with E-state index in [1.165, 1.54) is 11.6 Å². The number of halogens is 1. The van der Waals surface area contributed by atoms with Gasteiger partial charge in [-0.3, -0.25) is 0 Å². The largest absolute Gasteiger partial charge is 0.489 e. The van der Waals surface area contributed by atoms with Crippen molar-refractivity contribution in [1.29, 1.82) is 0 Å². The van der Waals surface area contributed by atoms with Crippen molar-refractivity contribution < 1.29 is 13.9 Å². The number of hydrogen-bond donors (Lipinski definition) is 1. The molecule has 0 saturated carbocycles. The van der Waals surface area contributed by atoms with Crippen LogP contribution in [0, 0.1) is 5.82 Å². The minimum Gasteiger partial charge on any atom is -0.489 e. The van der Waals surface area contributed by atoms with Gasteiger partial charge in [0.15, 0.2) is 0 Å². The molecular weight excluding hydrogens is 293 g/mol. The average Bonchev–Trinajstić information content (AvgIpc) is 2.58. The first-order chi connectivity index (χ1) is 11.3. The molecule has 3 nitrogen and oxygen atoms in total. The molecule has 0 aliphatic carbocycles. The van der Waals surface area contributed by atoms with Crippen molar-refractivity contribution in [2.45, 2.75) is 13.2 Å². The summed E-state index contributed by atoms with van der Waals surface area (Å²) in [4.78, 5) is 0. The number of rotatable bonds is 6. The lowest BCUT2D eigenvalue weighted by Crippen LogP contribution is -2.21. The normalized spacial score (nSPS) is 13.2. The van der Waals surface area contributed by atoms with E-state index in [9.17, 15) is 4.39 Å². The van der Waals surface area contributed by atoms with Gasteiger partial charge in [0.2, 0.25) is 0 Å². The highest BCUT2D eigenvalue weighted by molar-refractivity contribution is 5.62. The van der Waals surface area contributed by atoms with Crippen molar-refractivity contribution >= 4 is 6.08 Å². The summed E-state index contributed by atoms with van der Waals surface area (Å²) in [5.74, 6) is 0.703. The third-order valence-corrected chi connectivity index (χ3v) is 3.78. The number of benzene rings is 2. The molecule has 1 N–H and O–H groups in total. The standard InChI is InChI=1S/C19H20FNO2/c1-22-13-17-8-14(6-7-18(17)20)10-21-11-15-9-16-4-2-3-5-19(16)23-12-15/h2-9,21H,10-13H2,1H3. The van der Waals surface area contributed by atoms with E-state index in [2.05, 4.69) is 11.4 Å². The van der Waals surface area contributed by atoms with Gasteiger partial charge in [-0.2, -0.15) is 0 Å². The molecule has 3 rings (SSSR count). The summed E-state index contributed by atoms with van der Waals surface area (Å²) in [5.41, 5.74) is 3.93. The molecule has 2 aromatic carbocycles. The lowest BCUT2D eigenvalue weighted by Gasteiger charge is -2.18. The minimum absolute atomic E-state index is 0.226. The van der Waals surface area contributed by atoms with Gasteiger partial charge in [0.05, 0.1) is 6.61 Å². The fraction of sp³-hybridized carbons (Fsp3) is 0.263. The Bertz CT molecular complexity index is 712. The number of ether oxygens (including phenoxy) is 2. The Hall–Kier alpha value is -2.17. The van der Waals surface area contributed by atoms with Crippen LogP contribution in [0.2, 0.25) is 0 Å². The summed E-state index contributed by atoms with van der Waals surface area (Å²) in [6.07, 6.45) is 2.16. The SMILES string of the molecule is COCc1cc(CNCC2=Cc3ccccc3OC2)ccc1F. The van der Waals surface area contributed by atoms with Gasteiger partial charge in [0.1, 0.15) is 18.2 Å².